The van der Waals surface area contributed by atoms with E-state index >= 15 is 0 Å². The van der Waals surface area contributed by atoms with Crippen LogP contribution < -0.4 is 15.4 Å². The Labute approximate surface area is 193 Å². The highest BCUT2D eigenvalue weighted by atomic mass is 127. The summed E-state index contributed by atoms with van der Waals surface area (Å²) in [7, 11) is -1.52. The smallest absolute Gasteiger partial charge is 0.229 e. The Kier molecular flexibility index (Phi) is 9.88. The molecule has 28 heavy (non-hydrogen) atoms. The van der Waals surface area contributed by atoms with Gasteiger partial charge in [0, 0.05) is 19.3 Å². The fourth-order valence-electron chi connectivity index (χ4n) is 2.40. The molecule has 1 heterocycles. The molecule has 7 nitrogen and oxygen atoms in total. The monoisotopic (exact) mass is 559 g/mol. The first kappa shape index (κ1) is 24.9. The predicted octanol–water partition coefficient (Wildman–Crippen LogP) is 3.58. The van der Waals surface area contributed by atoms with Crippen molar-refractivity contribution >= 4 is 68.8 Å². The lowest BCUT2D eigenvalue weighted by atomic mass is 10.2. The lowest BCUT2D eigenvalue weighted by Crippen LogP contribution is -2.37. The number of anilines is 1. The zero-order valence-electron chi connectivity index (χ0n) is 15.8. The van der Waals surface area contributed by atoms with Gasteiger partial charge in [0.15, 0.2) is 5.96 Å². The van der Waals surface area contributed by atoms with E-state index < -0.39 is 10.0 Å². The van der Waals surface area contributed by atoms with Crippen molar-refractivity contribution in [1.29, 1.82) is 0 Å². The van der Waals surface area contributed by atoms with E-state index in [2.05, 4.69) is 20.3 Å². The number of guanidine groups is 1. The van der Waals surface area contributed by atoms with Crippen LogP contribution >= 0.6 is 47.2 Å². The number of sulfonamides is 1. The molecule has 156 valence electrons. The van der Waals surface area contributed by atoms with E-state index in [1.165, 1.54) is 0 Å². The summed E-state index contributed by atoms with van der Waals surface area (Å²) in [6.07, 6.45) is 1.12. The second-order valence-corrected chi connectivity index (χ2v) is 8.43. The summed E-state index contributed by atoms with van der Waals surface area (Å²) in [5.74, 6) is 0.597. The molecule has 11 heteroatoms. The number of halogens is 3. The SMILES string of the molecule is CCNC(=NCc1ccccc1NS(C)(=O)=O)NCc1cc(Cl)c(Cl)n1C.I. The van der Waals surface area contributed by atoms with Crippen LogP contribution in [0.3, 0.4) is 0 Å². The zero-order chi connectivity index (χ0) is 20.0. The molecule has 0 aliphatic heterocycles. The summed E-state index contributed by atoms with van der Waals surface area (Å²) in [6.45, 7) is 3.44. The van der Waals surface area contributed by atoms with Gasteiger partial charge in [0.05, 0.1) is 30.1 Å². The van der Waals surface area contributed by atoms with Crippen molar-refractivity contribution in [3.05, 3.63) is 51.8 Å². The summed E-state index contributed by atoms with van der Waals surface area (Å²) in [5.41, 5.74) is 2.19. The minimum absolute atomic E-state index is 0. The van der Waals surface area contributed by atoms with Gasteiger partial charge in [-0.2, -0.15) is 0 Å². The molecular weight excluding hydrogens is 536 g/mol. The number of hydrogen-bond donors (Lipinski definition) is 3. The molecule has 0 spiro atoms. The Morgan fingerprint density at radius 3 is 2.46 bits per heavy atom. The van der Waals surface area contributed by atoms with Gasteiger partial charge in [0.25, 0.3) is 0 Å². The fourth-order valence-corrected chi connectivity index (χ4v) is 3.41. The number of hydrogen-bond acceptors (Lipinski definition) is 3. The maximum absolute atomic E-state index is 11.5. The zero-order valence-corrected chi connectivity index (χ0v) is 20.5. The van der Waals surface area contributed by atoms with Gasteiger partial charge >= 0.3 is 0 Å². The van der Waals surface area contributed by atoms with Gasteiger partial charge in [-0.05, 0) is 24.6 Å². The molecular formula is C17H24Cl2IN5O2S. The van der Waals surface area contributed by atoms with Gasteiger partial charge in [-0.25, -0.2) is 13.4 Å². The first-order valence-corrected chi connectivity index (χ1v) is 10.9. The number of para-hydroxylation sites is 1. The molecule has 0 saturated heterocycles. The van der Waals surface area contributed by atoms with Crippen LogP contribution in [0.1, 0.15) is 18.2 Å². The third-order valence-corrected chi connectivity index (χ3v) is 5.15. The molecule has 2 rings (SSSR count). The molecule has 0 atom stereocenters. The van der Waals surface area contributed by atoms with E-state index in [9.17, 15) is 8.42 Å². The molecule has 0 unspecified atom stereocenters. The molecule has 0 radical (unpaired) electrons. The van der Waals surface area contributed by atoms with Crippen molar-refractivity contribution < 1.29 is 8.42 Å². The maximum atomic E-state index is 11.5. The average Bonchev–Trinajstić information content (AvgIpc) is 2.84. The van der Waals surface area contributed by atoms with Crippen LogP contribution in [-0.2, 0) is 30.2 Å². The highest BCUT2D eigenvalue weighted by molar-refractivity contribution is 14.0. The standard InChI is InChI=1S/C17H23Cl2N5O2S.HI/c1-4-20-17(22-11-13-9-14(18)16(19)24(13)2)21-10-12-7-5-6-8-15(12)23-27(3,25)26;/h5-9,23H,4,10-11H2,1-3H3,(H2,20,21,22);1H. The highest BCUT2D eigenvalue weighted by Gasteiger charge is 2.10. The first-order chi connectivity index (χ1) is 12.7. The van der Waals surface area contributed by atoms with E-state index in [0.29, 0.717) is 41.5 Å². The van der Waals surface area contributed by atoms with Crippen molar-refractivity contribution in [2.45, 2.75) is 20.0 Å². The number of aromatic nitrogens is 1. The molecule has 0 saturated carbocycles. The molecule has 2 aromatic rings. The molecule has 0 aliphatic carbocycles. The number of aliphatic imine (C=N–C) groups is 1. The van der Waals surface area contributed by atoms with Gasteiger partial charge in [0.2, 0.25) is 10.0 Å². The lowest BCUT2D eigenvalue weighted by molar-refractivity contribution is 0.606. The van der Waals surface area contributed by atoms with Crippen molar-refractivity contribution in [3.8, 4) is 0 Å². The number of rotatable bonds is 7. The Morgan fingerprint density at radius 1 is 1.21 bits per heavy atom. The van der Waals surface area contributed by atoms with E-state index in [0.717, 1.165) is 17.5 Å². The summed E-state index contributed by atoms with van der Waals surface area (Å²) in [4.78, 5) is 4.53. The third-order valence-electron chi connectivity index (χ3n) is 3.72. The Morgan fingerprint density at radius 2 is 1.89 bits per heavy atom. The van der Waals surface area contributed by atoms with Gasteiger partial charge in [0.1, 0.15) is 5.15 Å². The molecule has 3 N–H and O–H groups in total. The molecule has 0 aliphatic rings. The second kappa shape index (κ2) is 11.1. The third kappa shape index (κ3) is 7.34. The van der Waals surface area contributed by atoms with Crippen molar-refractivity contribution in [3.63, 3.8) is 0 Å². The summed E-state index contributed by atoms with van der Waals surface area (Å²) in [5, 5.41) is 7.36. The highest BCUT2D eigenvalue weighted by Crippen LogP contribution is 2.25. The van der Waals surface area contributed by atoms with Crippen LogP contribution in [0.2, 0.25) is 10.2 Å². The van der Waals surface area contributed by atoms with Crippen LogP contribution in [-0.4, -0.2) is 31.7 Å². The van der Waals surface area contributed by atoms with Crippen LogP contribution in [0.5, 0.6) is 0 Å². The van der Waals surface area contributed by atoms with Gasteiger partial charge in [-0.15, -0.1) is 24.0 Å². The number of benzene rings is 1. The molecule has 0 bridgehead atoms. The largest absolute Gasteiger partial charge is 0.357 e. The fraction of sp³-hybridized carbons (Fsp3) is 0.353. The van der Waals surface area contributed by atoms with E-state index in [-0.39, 0.29) is 24.0 Å². The number of nitrogens with one attached hydrogen (secondary N) is 3. The molecule has 1 aromatic carbocycles. The predicted molar refractivity (Wildman–Crippen MR) is 127 cm³/mol. The summed E-state index contributed by atoms with van der Waals surface area (Å²) >= 11 is 12.1. The lowest BCUT2D eigenvalue weighted by Gasteiger charge is -2.13. The first-order valence-electron chi connectivity index (χ1n) is 8.28. The van der Waals surface area contributed by atoms with Crippen molar-refractivity contribution in [2.24, 2.45) is 12.0 Å². The molecule has 0 amide bonds. The molecule has 1 aromatic heterocycles. The van der Waals surface area contributed by atoms with E-state index in [4.69, 9.17) is 23.2 Å². The van der Waals surface area contributed by atoms with E-state index in [1.54, 1.807) is 22.8 Å². The van der Waals surface area contributed by atoms with Crippen LogP contribution in [0.15, 0.2) is 35.3 Å². The normalized spacial score (nSPS) is 11.7. The topological polar surface area (TPSA) is 87.5 Å². The minimum atomic E-state index is -3.36. The minimum Gasteiger partial charge on any atom is -0.357 e. The van der Waals surface area contributed by atoms with Crippen molar-refractivity contribution in [2.75, 3.05) is 17.5 Å². The second-order valence-electron chi connectivity index (χ2n) is 5.91. The number of nitrogens with zero attached hydrogens (tertiary/aromatic N) is 2. The summed E-state index contributed by atoms with van der Waals surface area (Å²) < 4.78 is 27.3. The quantitative estimate of drug-likeness (QED) is 0.275. The van der Waals surface area contributed by atoms with Gasteiger partial charge in [-0.1, -0.05) is 41.4 Å². The van der Waals surface area contributed by atoms with Gasteiger partial charge < -0.3 is 15.2 Å². The van der Waals surface area contributed by atoms with Gasteiger partial charge in [-0.3, -0.25) is 4.72 Å². The van der Waals surface area contributed by atoms with Crippen LogP contribution in [0.4, 0.5) is 5.69 Å². The van der Waals surface area contributed by atoms with Crippen LogP contribution in [0.25, 0.3) is 0 Å². The van der Waals surface area contributed by atoms with E-state index in [1.807, 2.05) is 26.1 Å². The van der Waals surface area contributed by atoms with Crippen molar-refractivity contribution in [1.82, 2.24) is 15.2 Å². The average molecular weight is 560 g/mol. The molecule has 0 fully saturated rings. The summed E-state index contributed by atoms with van der Waals surface area (Å²) in [6, 6.07) is 8.95. The van der Waals surface area contributed by atoms with Crippen LogP contribution in [0, 0.1) is 0 Å². The Hall–Kier alpha value is -1.17. The maximum Gasteiger partial charge on any atom is 0.229 e. The Balaban J connectivity index is 0.00000392. The Bertz CT molecular complexity index is 932.